The van der Waals surface area contributed by atoms with Crippen molar-refractivity contribution in [1.29, 1.82) is 0 Å². The number of aliphatic hydroxyl groups is 1. The number of carbonyl (C=O) groups excluding carboxylic acids is 1. The minimum absolute atomic E-state index is 0.0504. The first-order chi connectivity index (χ1) is 14.8. The topological polar surface area (TPSA) is 77.8 Å². The van der Waals surface area contributed by atoms with Crippen molar-refractivity contribution >= 4 is 34.5 Å². The normalized spacial score (nSPS) is 23.7. The van der Waals surface area contributed by atoms with E-state index in [1.807, 2.05) is 13.0 Å². The highest BCUT2D eigenvalue weighted by molar-refractivity contribution is 7.15. The number of carboxylic acid groups (broad SMARTS) is 1. The molecule has 1 heterocycles. The molecule has 0 bridgehead atoms. The molecule has 2 N–H and O–H groups in total. The highest BCUT2D eigenvalue weighted by Crippen LogP contribution is 2.40. The van der Waals surface area contributed by atoms with Crippen LogP contribution in [-0.2, 0) is 4.79 Å². The Labute approximate surface area is 190 Å². The van der Waals surface area contributed by atoms with Gasteiger partial charge in [-0.1, -0.05) is 13.0 Å². The average molecular weight is 448 g/mol. The lowest BCUT2D eigenvalue weighted by atomic mass is 9.82. The molecule has 31 heavy (non-hydrogen) atoms. The number of amides is 1. The van der Waals surface area contributed by atoms with Crippen LogP contribution in [0.1, 0.15) is 99.5 Å². The van der Waals surface area contributed by atoms with E-state index in [0.717, 1.165) is 49.8 Å². The van der Waals surface area contributed by atoms with Crippen molar-refractivity contribution in [2.45, 2.75) is 97.1 Å². The van der Waals surface area contributed by atoms with Crippen LogP contribution >= 0.6 is 11.3 Å². The molecule has 0 radical (unpaired) electrons. The van der Waals surface area contributed by atoms with E-state index in [1.165, 1.54) is 23.3 Å². The van der Waals surface area contributed by atoms with Crippen LogP contribution in [0, 0.1) is 11.8 Å². The summed E-state index contributed by atoms with van der Waals surface area (Å²) < 4.78 is 0. The summed E-state index contributed by atoms with van der Waals surface area (Å²) in [5, 5.41) is 19.8. The van der Waals surface area contributed by atoms with E-state index in [2.05, 4.69) is 13.0 Å². The second kappa shape index (κ2) is 10.8. The van der Waals surface area contributed by atoms with Crippen molar-refractivity contribution in [3.63, 3.8) is 0 Å². The van der Waals surface area contributed by atoms with Gasteiger partial charge in [-0.05, 0) is 95.6 Å². The van der Waals surface area contributed by atoms with Crippen LogP contribution in [0.3, 0.4) is 0 Å². The molecule has 1 amide bonds. The first-order valence-electron chi connectivity index (χ1n) is 11.9. The fourth-order valence-corrected chi connectivity index (χ4v) is 5.88. The van der Waals surface area contributed by atoms with Crippen LogP contribution in [0.15, 0.2) is 12.1 Å². The monoisotopic (exact) mass is 447 g/mol. The van der Waals surface area contributed by atoms with Gasteiger partial charge in [-0.2, -0.15) is 0 Å². The van der Waals surface area contributed by atoms with Crippen molar-refractivity contribution in [2.24, 2.45) is 11.8 Å². The summed E-state index contributed by atoms with van der Waals surface area (Å²) in [5.41, 5.74) is 1.75. The zero-order valence-corrected chi connectivity index (χ0v) is 19.9. The Hall–Kier alpha value is -1.66. The number of nitrogens with zero attached hydrogens (tertiary/aromatic N) is 1. The predicted molar refractivity (Wildman–Crippen MR) is 127 cm³/mol. The van der Waals surface area contributed by atoms with Crippen LogP contribution in [0.25, 0.3) is 5.57 Å². The summed E-state index contributed by atoms with van der Waals surface area (Å²) in [7, 11) is 0. The van der Waals surface area contributed by atoms with Crippen LogP contribution in [0.5, 0.6) is 0 Å². The number of allylic oxidation sites excluding steroid dienone is 2. The van der Waals surface area contributed by atoms with Gasteiger partial charge in [0.15, 0.2) is 0 Å². The summed E-state index contributed by atoms with van der Waals surface area (Å²) in [6.45, 7) is 5.96. The Balaban J connectivity index is 1.97. The van der Waals surface area contributed by atoms with Gasteiger partial charge >= 0.3 is 5.97 Å². The zero-order valence-electron chi connectivity index (χ0n) is 19.1. The average Bonchev–Trinajstić information content (AvgIpc) is 3.19. The van der Waals surface area contributed by atoms with Crippen LogP contribution < -0.4 is 4.90 Å². The molecule has 1 aromatic rings. The van der Waals surface area contributed by atoms with Crippen molar-refractivity contribution < 1.29 is 19.8 Å². The highest BCUT2D eigenvalue weighted by Gasteiger charge is 2.34. The van der Waals surface area contributed by atoms with Gasteiger partial charge < -0.3 is 15.1 Å². The molecule has 0 saturated heterocycles. The van der Waals surface area contributed by atoms with Crippen molar-refractivity contribution in [3.8, 4) is 0 Å². The van der Waals surface area contributed by atoms with Gasteiger partial charge in [-0.3, -0.25) is 4.79 Å². The van der Waals surface area contributed by atoms with Crippen LogP contribution in [0.2, 0.25) is 0 Å². The molecular formula is C25H37NO4S. The van der Waals surface area contributed by atoms with E-state index in [9.17, 15) is 19.8 Å². The molecule has 0 aromatic carbocycles. The Morgan fingerprint density at radius 2 is 1.87 bits per heavy atom. The lowest BCUT2D eigenvalue weighted by molar-refractivity contribution is -0.124. The van der Waals surface area contributed by atoms with Crippen molar-refractivity contribution in [1.82, 2.24) is 0 Å². The van der Waals surface area contributed by atoms with Gasteiger partial charge in [-0.25, -0.2) is 4.79 Å². The minimum atomic E-state index is -0.972. The molecule has 1 saturated carbocycles. The van der Waals surface area contributed by atoms with Gasteiger partial charge in [0.1, 0.15) is 4.88 Å². The zero-order chi connectivity index (χ0) is 22.5. The molecule has 1 aromatic heterocycles. The second-order valence-corrected chi connectivity index (χ2v) is 10.6. The van der Waals surface area contributed by atoms with Gasteiger partial charge in [0.25, 0.3) is 0 Å². The Morgan fingerprint density at radius 1 is 1.16 bits per heavy atom. The maximum Gasteiger partial charge on any atom is 0.348 e. The molecule has 2 aliphatic rings. The summed E-state index contributed by atoms with van der Waals surface area (Å²) in [4.78, 5) is 28.9. The lowest BCUT2D eigenvalue weighted by Gasteiger charge is -2.35. The van der Waals surface area contributed by atoms with E-state index in [-0.39, 0.29) is 22.7 Å². The first-order valence-corrected chi connectivity index (χ1v) is 12.7. The Bertz CT molecular complexity index is 804. The second-order valence-electron chi connectivity index (χ2n) is 9.55. The van der Waals surface area contributed by atoms with E-state index in [4.69, 9.17) is 0 Å². The molecule has 0 spiro atoms. The van der Waals surface area contributed by atoms with Crippen molar-refractivity contribution in [3.05, 3.63) is 21.9 Å². The van der Waals surface area contributed by atoms with Crippen LogP contribution in [0.4, 0.5) is 5.69 Å². The van der Waals surface area contributed by atoms with E-state index in [1.54, 1.807) is 11.8 Å². The number of aliphatic hydroxyl groups excluding tert-OH is 1. The summed E-state index contributed by atoms with van der Waals surface area (Å²) in [6, 6.07) is 1.77. The fraction of sp³-hybridized carbons (Fsp3) is 0.680. The molecule has 172 valence electrons. The third kappa shape index (κ3) is 5.98. The number of rotatable bonds is 8. The number of thiophene rings is 1. The number of anilines is 1. The first kappa shape index (κ1) is 24.0. The maximum absolute atomic E-state index is 13.7. The van der Waals surface area contributed by atoms with Gasteiger partial charge in [-0.15, -0.1) is 11.3 Å². The summed E-state index contributed by atoms with van der Waals surface area (Å²) >= 11 is 1.30. The molecule has 2 unspecified atom stereocenters. The lowest BCUT2D eigenvalue weighted by Crippen LogP contribution is -2.44. The Morgan fingerprint density at radius 3 is 2.45 bits per heavy atom. The Kier molecular flexibility index (Phi) is 8.34. The third-order valence-electron chi connectivity index (χ3n) is 6.82. The molecule has 3 rings (SSSR count). The summed E-state index contributed by atoms with van der Waals surface area (Å²) in [5.74, 6) is -0.329. The standard InChI is InChI=1S/C25H37NO4S/c1-16-9-13-20(14-10-16)24(28)26(17(2)11-12-18(3)27)21-15-22(31-23(21)25(29)30)19-7-5-4-6-8-19/h7,15-18,20,27H,4-6,8-14H2,1-3H3,(H,29,30). The minimum Gasteiger partial charge on any atom is -0.477 e. The highest BCUT2D eigenvalue weighted by atomic mass is 32.1. The summed E-state index contributed by atoms with van der Waals surface area (Å²) in [6.07, 6.45) is 11.1. The van der Waals surface area contributed by atoms with E-state index >= 15 is 0 Å². The van der Waals surface area contributed by atoms with Gasteiger partial charge in [0, 0.05) is 16.8 Å². The third-order valence-corrected chi connectivity index (χ3v) is 8.01. The molecule has 2 atom stereocenters. The van der Waals surface area contributed by atoms with Crippen LogP contribution in [-0.4, -0.2) is 34.2 Å². The smallest absolute Gasteiger partial charge is 0.348 e. The van der Waals surface area contributed by atoms with E-state index < -0.39 is 12.1 Å². The number of carbonyl (C=O) groups is 2. The fourth-order valence-electron chi connectivity index (χ4n) is 4.82. The molecule has 1 fully saturated rings. The number of hydrogen-bond donors (Lipinski definition) is 2. The number of carboxylic acids is 1. The molecular weight excluding hydrogens is 410 g/mol. The molecule has 5 nitrogen and oxygen atoms in total. The van der Waals surface area contributed by atoms with E-state index in [0.29, 0.717) is 24.4 Å². The van der Waals surface area contributed by atoms with Gasteiger partial charge in [0.2, 0.25) is 5.91 Å². The number of aromatic carboxylic acids is 1. The maximum atomic E-state index is 13.7. The van der Waals surface area contributed by atoms with Crippen molar-refractivity contribution in [2.75, 3.05) is 4.90 Å². The largest absolute Gasteiger partial charge is 0.477 e. The SMILES string of the molecule is CC(O)CCC(C)N(C(=O)C1CCC(C)CC1)c1cc(C2=CCCCC2)sc1C(=O)O. The molecule has 6 heteroatoms. The predicted octanol–water partition coefficient (Wildman–Crippen LogP) is 6.11. The quantitative estimate of drug-likeness (QED) is 0.504. The molecule has 2 aliphatic carbocycles. The number of hydrogen-bond acceptors (Lipinski definition) is 4. The molecule has 0 aliphatic heterocycles. The van der Waals surface area contributed by atoms with Gasteiger partial charge in [0.05, 0.1) is 11.8 Å².